The van der Waals surface area contributed by atoms with Gasteiger partial charge in [-0.15, -0.1) is 0 Å². The molecule has 0 saturated carbocycles. The first-order valence-electron chi connectivity index (χ1n) is 9.08. The number of cyclic esters (lactones) is 1. The second-order valence-corrected chi connectivity index (χ2v) is 6.70. The molecule has 1 N–H and O–H groups in total. The van der Waals surface area contributed by atoms with Crippen molar-refractivity contribution in [3.8, 4) is 0 Å². The summed E-state index contributed by atoms with van der Waals surface area (Å²) in [5.74, 6) is -0.761. The number of carbonyl (C=O) groups is 4. The molecule has 0 aromatic rings. The van der Waals surface area contributed by atoms with Crippen molar-refractivity contribution in [3.63, 3.8) is 0 Å². The number of ether oxygens (including phenoxy) is 1. The van der Waals surface area contributed by atoms with E-state index in [1.807, 2.05) is 0 Å². The molecule has 7 heteroatoms. The quantitative estimate of drug-likeness (QED) is 0.326. The second-order valence-electron chi connectivity index (χ2n) is 6.70. The van der Waals surface area contributed by atoms with Crippen molar-refractivity contribution in [3.05, 3.63) is 0 Å². The monoisotopic (exact) mass is 354 g/mol. The number of nitrogens with zero attached hydrogens (tertiary/aromatic N) is 1. The van der Waals surface area contributed by atoms with Gasteiger partial charge in [0.1, 0.15) is 11.8 Å². The van der Waals surface area contributed by atoms with Gasteiger partial charge in [0.05, 0.1) is 13.0 Å². The second kappa shape index (κ2) is 11.6. The number of amides is 2. The zero-order valence-electron chi connectivity index (χ0n) is 15.3. The third-order valence-corrected chi connectivity index (χ3v) is 4.22. The van der Waals surface area contributed by atoms with Crippen LogP contribution in [-0.2, 0) is 23.9 Å². The normalized spacial score (nSPS) is 16.4. The predicted octanol–water partition coefficient (Wildman–Crippen LogP) is 1.59. The molecule has 1 atom stereocenters. The van der Waals surface area contributed by atoms with Crippen molar-refractivity contribution in [1.29, 1.82) is 0 Å². The minimum absolute atomic E-state index is 0.0968. The predicted molar refractivity (Wildman–Crippen MR) is 92.8 cm³/mol. The van der Waals surface area contributed by atoms with Crippen LogP contribution in [0.2, 0.25) is 0 Å². The topological polar surface area (TPSA) is 92.8 Å². The van der Waals surface area contributed by atoms with E-state index in [1.165, 1.54) is 0 Å². The zero-order chi connectivity index (χ0) is 18.7. The lowest BCUT2D eigenvalue weighted by Crippen LogP contribution is -2.38. The number of hydrogen-bond acceptors (Lipinski definition) is 5. The molecule has 2 amide bonds. The van der Waals surface area contributed by atoms with Crippen LogP contribution in [0.15, 0.2) is 0 Å². The molecule has 142 valence electrons. The average molecular weight is 354 g/mol. The molecule has 0 bridgehead atoms. The van der Waals surface area contributed by atoms with Crippen LogP contribution in [0.1, 0.15) is 64.2 Å². The molecular weight excluding hydrogens is 324 g/mol. The molecule has 1 aliphatic rings. The van der Waals surface area contributed by atoms with Crippen LogP contribution in [0.3, 0.4) is 0 Å². The Hall–Kier alpha value is -1.92. The highest BCUT2D eigenvalue weighted by Crippen LogP contribution is 2.10. The van der Waals surface area contributed by atoms with Gasteiger partial charge < -0.3 is 15.0 Å². The molecule has 1 heterocycles. The van der Waals surface area contributed by atoms with E-state index in [4.69, 9.17) is 4.74 Å². The van der Waals surface area contributed by atoms with Crippen LogP contribution < -0.4 is 5.32 Å². The first-order valence-corrected chi connectivity index (χ1v) is 9.08. The van der Waals surface area contributed by atoms with E-state index < -0.39 is 17.9 Å². The summed E-state index contributed by atoms with van der Waals surface area (Å²) < 4.78 is 4.76. The number of carbonyl (C=O) groups excluding carboxylic acids is 4. The number of ketones is 1. The summed E-state index contributed by atoms with van der Waals surface area (Å²) in [6.07, 6.45) is 7.01. The van der Waals surface area contributed by atoms with Gasteiger partial charge in [0.25, 0.3) is 0 Å². The molecule has 1 fully saturated rings. The molecular formula is C18H30N2O5. The summed E-state index contributed by atoms with van der Waals surface area (Å²) in [6, 6.07) is -0.598. The first kappa shape index (κ1) is 21.1. The Kier molecular flexibility index (Phi) is 9.80. The standard InChI is InChI=1S/C18H30N2O5/c1-20(2)17(23)10-8-6-4-3-5-7-9-14(21)13-16(22)19-15-11-12-25-18(15)24/h15H,3-13H2,1-2H3,(H,19,22)/t15-/m0/s1. The Morgan fingerprint density at radius 3 is 2.20 bits per heavy atom. The lowest BCUT2D eigenvalue weighted by molar-refractivity contribution is -0.142. The SMILES string of the molecule is CN(C)C(=O)CCCCCCCCC(=O)CC(=O)N[C@H]1CCOC1=O. The highest BCUT2D eigenvalue weighted by atomic mass is 16.5. The smallest absolute Gasteiger partial charge is 0.328 e. The Labute approximate surface area is 149 Å². The molecule has 25 heavy (non-hydrogen) atoms. The molecule has 0 radical (unpaired) electrons. The summed E-state index contributed by atoms with van der Waals surface area (Å²) in [5, 5.41) is 2.54. The Morgan fingerprint density at radius 2 is 1.64 bits per heavy atom. The van der Waals surface area contributed by atoms with Crippen molar-refractivity contribution in [2.24, 2.45) is 0 Å². The van der Waals surface area contributed by atoms with Crippen LogP contribution in [0, 0.1) is 0 Å². The fraction of sp³-hybridized carbons (Fsp3) is 0.778. The maximum Gasteiger partial charge on any atom is 0.328 e. The van der Waals surface area contributed by atoms with Gasteiger partial charge >= 0.3 is 5.97 Å². The minimum Gasteiger partial charge on any atom is -0.464 e. The molecule has 7 nitrogen and oxygen atoms in total. The summed E-state index contributed by atoms with van der Waals surface area (Å²) in [4.78, 5) is 47.7. The van der Waals surface area contributed by atoms with Gasteiger partial charge in [-0.3, -0.25) is 14.4 Å². The van der Waals surface area contributed by atoms with Crippen molar-refractivity contribution in [2.45, 2.75) is 70.3 Å². The van der Waals surface area contributed by atoms with Crippen molar-refractivity contribution >= 4 is 23.6 Å². The van der Waals surface area contributed by atoms with Crippen LogP contribution in [0.25, 0.3) is 0 Å². The van der Waals surface area contributed by atoms with E-state index >= 15 is 0 Å². The molecule has 1 rings (SSSR count). The van der Waals surface area contributed by atoms with Crippen LogP contribution >= 0.6 is 0 Å². The third kappa shape index (κ3) is 9.22. The Balaban J connectivity index is 1.97. The van der Waals surface area contributed by atoms with E-state index in [0.29, 0.717) is 25.9 Å². The number of nitrogens with one attached hydrogen (secondary N) is 1. The van der Waals surface area contributed by atoms with Gasteiger partial charge in [0.15, 0.2) is 0 Å². The average Bonchev–Trinajstić information content (AvgIpc) is 2.94. The zero-order valence-corrected chi connectivity index (χ0v) is 15.3. The van der Waals surface area contributed by atoms with Gasteiger partial charge in [-0.05, 0) is 12.8 Å². The highest BCUT2D eigenvalue weighted by molar-refractivity contribution is 5.99. The van der Waals surface area contributed by atoms with Crippen LogP contribution in [0.4, 0.5) is 0 Å². The molecule has 1 saturated heterocycles. The fourth-order valence-corrected chi connectivity index (χ4v) is 2.67. The van der Waals surface area contributed by atoms with E-state index in [0.717, 1.165) is 38.5 Å². The van der Waals surface area contributed by atoms with Gasteiger partial charge in [-0.25, -0.2) is 4.79 Å². The summed E-state index contributed by atoms with van der Waals surface area (Å²) >= 11 is 0. The number of hydrogen-bond donors (Lipinski definition) is 1. The number of unbranched alkanes of at least 4 members (excludes halogenated alkanes) is 5. The number of esters is 1. The summed E-state index contributed by atoms with van der Waals surface area (Å²) in [5.41, 5.74) is 0. The van der Waals surface area contributed by atoms with Gasteiger partial charge in [-0.1, -0.05) is 25.7 Å². The number of Topliss-reactive ketones (excluding diaryl/α,β-unsaturated/α-hetero) is 1. The third-order valence-electron chi connectivity index (χ3n) is 4.22. The molecule has 0 unspecified atom stereocenters. The van der Waals surface area contributed by atoms with Crippen molar-refractivity contribution in [1.82, 2.24) is 10.2 Å². The van der Waals surface area contributed by atoms with E-state index in [1.54, 1.807) is 19.0 Å². The maximum atomic E-state index is 11.8. The van der Waals surface area contributed by atoms with E-state index in [9.17, 15) is 19.2 Å². The molecule has 0 aromatic carbocycles. The van der Waals surface area contributed by atoms with Crippen molar-refractivity contribution < 1.29 is 23.9 Å². The Morgan fingerprint density at radius 1 is 1.04 bits per heavy atom. The number of rotatable bonds is 12. The fourth-order valence-electron chi connectivity index (χ4n) is 2.67. The maximum absolute atomic E-state index is 11.8. The lowest BCUT2D eigenvalue weighted by Gasteiger charge is -2.09. The largest absolute Gasteiger partial charge is 0.464 e. The first-order chi connectivity index (χ1) is 11.9. The molecule has 0 spiro atoms. The van der Waals surface area contributed by atoms with Crippen molar-refractivity contribution in [2.75, 3.05) is 20.7 Å². The molecule has 0 aliphatic carbocycles. The Bertz CT molecular complexity index is 476. The minimum atomic E-state index is -0.598. The van der Waals surface area contributed by atoms with E-state index in [2.05, 4.69) is 5.32 Å². The highest BCUT2D eigenvalue weighted by Gasteiger charge is 2.28. The molecule has 1 aliphatic heterocycles. The van der Waals surface area contributed by atoms with Crippen LogP contribution in [-0.4, -0.2) is 55.2 Å². The molecule has 0 aromatic heterocycles. The summed E-state index contributed by atoms with van der Waals surface area (Å²) in [7, 11) is 3.53. The van der Waals surface area contributed by atoms with Crippen LogP contribution in [0.5, 0.6) is 0 Å². The van der Waals surface area contributed by atoms with Gasteiger partial charge in [-0.2, -0.15) is 0 Å². The van der Waals surface area contributed by atoms with E-state index in [-0.39, 0.29) is 18.1 Å². The lowest BCUT2D eigenvalue weighted by atomic mass is 10.1. The van der Waals surface area contributed by atoms with Gasteiger partial charge in [0, 0.05) is 33.4 Å². The summed E-state index contributed by atoms with van der Waals surface area (Å²) in [6.45, 7) is 0.320. The van der Waals surface area contributed by atoms with Gasteiger partial charge in [0.2, 0.25) is 11.8 Å².